The molecule has 0 saturated carbocycles. The van der Waals surface area contributed by atoms with Crippen molar-refractivity contribution in [3.63, 3.8) is 0 Å². The monoisotopic (exact) mass is 385 g/mol. The fraction of sp³-hybridized carbons (Fsp3) is 0.167. The number of benzene rings is 3. The van der Waals surface area contributed by atoms with Crippen LogP contribution in [0.15, 0.2) is 84.9 Å². The fourth-order valence-corrected chi connectivity index (χ4v) is 3.45. The maximum absolute atomic E-state index is 12.6. The van der Waals surface area contributed by atoms with Crippen molar-refractivity contribution in [2.75, 3.05) is 11.9 Å². The molecule has 0 aliphatic rings. The number of aromatic nitrogens is 2. The zero-order chi connectivity index (χ0) is 20.1. The molecule has 4 rings (SSSR count). The number of aryl methyl sites for hydroxylation is 1. The summed E-state index contributed by atoms with van der Waals surface area (Å²) in [5, 5.41) is 2.90. The fourth-order valence-electron chi connectivity index (χ4n) is 3.45. The number of nitrogens with one attached hydrogen (secondary N) is 1. The van der Waals surface area contributed by atoms with Crippen LogP contribution in [0.25, 0.3) is 11.0 Å². The van der Waals surface area contributed by atoms with Crippen LogP contribution in [-0.2, 0) is 16.1 Å². The van der Waals surface area contributed by atoms with Crippen molar-refractivity contribution in [2.45, 2.75) is 19.6 Å². The van der Waals surface area contributed by atoms with Gasteiger partial charge in [0.15, 0.2) is 0 Å². The minimum absolute atomic E-state index is 0.0681. The summed E-state index contributed by atoms with van der Waals surface area (Å²) in [7, 11) is 0. The minimum atomic E-state index is -0.312. The van der Waals surface area contributed by atoms with Crippen molar-refractivity contribution in [3.05, 3.63) is 96.1 Å². The van der Waals surface area contributed by atoms with E-state index in [0.29, 0.717) is 12.5 Å². The molecule has 0 bridgehead atoms. The van der Waals surface area contributed by atoms with Gasteiger partial charge in [-0.05, 0) is 30.2 Å². The normalized spacial score (nSPS) is 11.1. The van der Waals surface area contributed by atoms with Gasteiger partial charge in [0.25, 0.3) is 5.91 Å². The highest BCUT2D eigenvalue weighted by Gasteiger charge is 2.17. The van der Waals surface area contributed by atoms with Crippen LogP contribution in [0.1, 0.15) is 24.2 Å². The Morgan fingerprint density at radius 2 is 1.52 bits per heavy atom. The molecule has 0 aliphatic carbocycles. The van der Waals surface area contributed by atoms with Gasteiger partial charge in [0.1, 0.15) is 12.7 Å². The Morgan fingerprint density at radius 1 is 0.931 bits per heavy atom. The molecule has 5 heteroatoms. The van der Waals surface area contributed by atoms with Gasteiger partial charge in [-0.2, -0.15) is 0 Å². The maximum Gasteiger partial charge on any atom is 0.252 e. The molecule has 1 amide bonds. The van der Waals surface area contributed by atoms with Crippen molar-refractivity contribution < 1.29 is 9.53 Å². The van der Waals surface area contributed by atoms with Gasteiger partial charge in [0, 0.05) is 6.54 Å². The average Bonchev–Trinajstić information content (AvgIpc) is 3.12. The lowest BCUT2D eigenvalue weighted by Crippen LogP contribution is -2.22. The zero-order valence-electron chi connectivity index (χ0n) is 16.3. The number of amides is 1. The first-order valence-electron chi connectivity index (χ1n) is 9.73. The third kappa shape index (κ3) is 4.20. The summed E-state index contributed by atoms with van der Waals surface area (Å²) in [5.74, 6) is 0.310. The van der Waals surface area contributed by atoms with Crippen molar-refractivity contribution >= 4 is 22.9 Å². The van der Waals surface area contributed by atoms with Gasteiger partial charge in [-0.3, -0.25) is 10.1 Å². The third-order valence-corrected chi connectivity index (χ3v) is 4.81. The molecule has 1 N–H and O–H groups in total. The second-order valence-corrected chi connectivity index (χ2v) is 6.73. The van der Waals surface area contributed by atoms with E-state index < -0.39 is 0 Å². The standard InChI is InChI=1S/C24H23N3O2/c1-2-27-21-16-10-9-15-20(21)25-24(27)26-22(28)17-29-23(18-11-5-3-6-12-18)19-13-7-4-8-14-19/h3-16,23H,2,17H2,1H3,(H,25,26,28). The van der Waals surface area contributed by atoms with Gasteiger partial charge in [0.2, 0.25) is 5.95 Å². The number of fused-ring (bicyclic) bond motifs is 1. The molecule has 0 aliphatic heterocycles. The number of para-hydroxylation sites is 2. The highest BCUT2D eigenvalue weighted by molar-refractivity contribution is 5.92. The number of ether oxygens (including phenoxy) is 1. The molecule has 0 radical (unpaired) electrons. The Labute approximate surface area is 170 Å². The summed E-state index contributed by atoms with van der Waals surface area (Å²) in [4.78, 5) is 17.2. The van der Waals surface area contributed by atoms with Gasteiger partial charge < -0.3 is 9.30 Å². The smallest absolute Gasteiger partial charge is 0.252 e. The van der Waals surface area contributed by atoms with Gasteiger partial charge in [-0.1, -0.05) is 72.8 Å². The van der Waals surface area contributed by atoms with Crippen LogP contribution >= 0.6 is 0 Å². The number of imidazole rings is 1. The van der Waals surface area contributed by atoms with Gasteiger partial charge in [-0.25, -0.2) is 4.98 Å². The molecule has 1 aromatic heterocycles. The predicted molar refractivity (Wildman–Crippen MR) is 115 cm³/mol. The molecule has 0 atom stereocenters. The van der Waals surface area contributed by atoms with Crippen molar-refractivity contribution in [1.82, 2.24) is 9.55 Å². The predicted octanol–water partition coefficient (Wildman–Crippen LogP) is 4.80. The summed E-state index contributed by atoms with van der Waals surface area (Å²) in [6, 6.07) is 27.7. The van der Waals surface area contributed by atoms with E-state index in [1.165, 1.54) is 0 Å². The molecule has 0 spiro atoms. The van der Waals surface area contributed by atoms with Gasteiger partial charge >= 0.3 is 0 Å². The summed E-state index contributed by atoms with van der Waals surface area (Å²) in [6.45, 7) is 2.68. The maximum atomic E-state index is 12.6. The number of carbonyl (C=O) groups excluding carboxylic acids is 1. The van der Waals surface area contributed by atoms with E-state index in [1.54, 1.807) is 0 Å². The first-order chi connectivity index (χ1) is 14.3. The molecule has 146 valence electrons. The van der Waals surface area contributed by atoms with Gasteiger partial charge in [0.05, 0.1) is 11.0 Å². The largest absolute Gasteiger partial charge is 0.359 e. The first kappa shape index (κ1) is 18.9. The zero-order valence-corrected chi connectivity index (χ0v) is 16.3. The Bertz CT molecular complexity index is 1050. The number of anilines is 1. The van der Waals surface area contributed by atoms with Crippen LogP contribution in [0, 0.1) is 0 Å². The van der Waals surface area contributed by atoms with Crippen molar-refractivity contribution in [2.24, 2.45) is 0 Å². The molecule has 0 saturated heterocycles. The quantitative estimate of drug-likeness (QED) is 0.497. The molecule has 0 unspecified atom stereocenters. The number of carbonyl (C=O) groups is 1. The van der Waals surface area contributed by atoms with E-state index in [0.717, 1.165) is 22.2 Å². The summed E-state index contributed by atoms with van der Waals surface area (Å²) in [5.41, 5.74) is 3.87. The van der Waals surface area contributed by atoms with E-state index in [2.05, 4.69) is 10.3 Å². The first-order valence-corrected chi connectivity index (χ1v) is 9.73. The Morgan fingerprint density at radius 3 is 2.14 bits per heavy atom. The molecule has 1 heterocycles. The van der Waals surface area contributed by atoms with Crippen molar-refractivity contribution in [1.29, 1.82) is 0 Å². The molecule has 4 aromatic rings. The third-order valence-electron chi connectivity index (χ3n) is 4.81. The number of hydrogen-bond acceptors (Lipinski definition) is 3. The van der Waals surface area contributed by atoms with Crippen molar-refractivity contribution in [3.8, 4) is 0 Å². The summed E-state index contributed by atoms with van der Waals surface area (Å²) < 4.78 is 8.03. The number of rotatable bonds is 7. The molecular weight excluding hydrogens is 362 g/mol. The second kappa shape index (κ2) is 8.71. The van der Waals surface area contributed by atoms with Gasteiger partial charge in [-0.15, -0.1) is 0 Å². The Hall–Kier alpha value is -3.44. The van der Waals surface area contributed by atoms with E-state index in [1.807, 2.05) is 96.4 Å². The van der Waals surface area contributed by atoms with Crippen LogP contribution in [-0.4, -0.2) is 22.1 Å². The molecule has 3 aromatic carbocycles. The summed E-state index contributed by atoms with van der Waals surface area (Å²) >= 11 is 0. The second-order valence-electron chi connectivity index (χ2n) is 6.73. The lowest BCUT2D eigenvalue weighted by Gasteiger charge is -2.19. The van der Waals surface area contributed by atoms with Crippen LogP contribution in [0.4, 0.5) is 5.95 Å². The van der Waals surface area contributed by atoms with E-state index in [4.69, 9.17) is 4.74 Å². The topological polar surface area (TPSA) is 56.2 Å². The van der Waals surface area contributed by atoms with Crippen LogP contribution in [0.2, 0.25) is 0 Å². The SMILES string of the molecule is CCn1c(NC(=O)COC(c2ccccc2)c2ccccc2)nc2ccccc21. The van der Waals surface area contributed by atoms with Crippen LogP contribution in [0.3, 0.4) is 0 Å². The lowest BCUT2D eigenvalue weighted by atomic mass is 10.0. The summed E-state index contributed by atoms with van der Waals surface area (Å²) in [6.07, 6.45) is -0.312. The minimum Gasteiger partial charge on any atom is -0.359 e. The number of hydrogen-bond donors (Lipinski definition) is 1. The molecule has 5 nitrogen and oxygen atoms in total. The van der Waals surface area contributed by atoms with E-state index >= 15 is 0 Å². The number of nitrogens with zero attached hydrogens (tertiary/aromatic N) is 2. The van der Waals surface area contributed by atoms with E-state index in [-0.39, 0.29) is 18.6 Å². The molecule has 29 heavy (non-hydrogen) atoms. The lowest BCUT2D eigenvalue weighted by molar-refractivity contribution is -0.122. The van der Waals surface area contributed by atoms with Crippen LogP contribution in [0.5, 0.6) is 0 Å². The Balaban J connectivity index is 1.50. The highest BCUT2D eigenvalue weighted by Crippen LogP contribution is 2.26. The highest BCUT2D eigenvalue weighted by atomic mass is 16.5. The molecule has 0 fully saturated rings. The van der Waals surface area contributed by atoms with Crippen LogP contribution < -0.4 is 5.32 Å². The average molecular weight is 385 g/mol. The molecular formula is C24H23N3O2. The van der Waals surface area contributed by atoms with E-state index in [9.17, 15) is 4.79 Å². The Kier molecular flexibility index (Phi) is 5.68.